The second-order valence-corrected chi connectivity index (χ2v) is 7.98. The molecule has 0 spiro atoms. The summed E-state index contributed by atoms with van der Waals surface area (Å²) in [4.78, 5) is -0.185. The van der Waals surface area contributed by atoms with Gasteiger partial charge < -0.3 is 9.11 Å². The van der Waals surface area contributed by atoms with Gasteiger partial charge in [-0.1, -0.05) is 36.4 Å². The van der Waals surface area contributed by atoms with Crippen LogP contribution in [0.2, 0.25) is 0 Å². The molecule has 0 N–H and O–H groups in total. The first-order valence-electron chi connectivity index (χ1n) is 6.90. The molecule has 0 radical (unpaired) electrons. The Hall–Kier alpha value is -0.480. The van der Waals surface area contributed by atoms with E-state index in [1.165, 1.54) is 0 Å². The van der Waals surface area contributed by atoms with E-state index in [0.717, 1.165) is 0 Å². The smallest absolute Gasteiger partial charge is 0.744 e. The third-order valence-electron chi connectivity index (χ3n) is 3.32. The normalized spacial score (nSPS) is 11.1. The molecule has 25 heavy (non-hydrogen) atoms. The Morgan fingerprint density at radius 2 is 0.800 bits per heavy atom. The van der Waals surface area contributed by atoms with Crippen LogP contribution in [-0.4, -0.2) is 63.7 Å². The molecule has 0 saturated carbocycles. The number of hydrogen-bond donors (Lipinski definition) is 0. The van der Waals surface area contributed by atoms with Crippen molar-refractivity contribution < 1.29 is 25.9 Å². The molecule has 0 aromatic heterocycles. The van der Waals surface area contributed by atoms with Gasteiger partial charge in [0.25, 0.3) is 0 Å². The Labute approximate surface area is 178 Å². The van der Waals surface area contributed by atoms with Crippen LogP contribution in [0.25, 0.3) is 0 Å². The Morgan fingerprint density at radius 3 is 0.920 bits per heavy atom. The quantitative estimate of drug-likeness (QED) is 0.553. The molecule has 2 rings (SSSR count). The molecule has 0 fully saturated rings. The number of rotatable bonds is 2. The molecule has 0 saturated heterocycles. The molecule has 0 amide bonds. The van der Waals surface area contributed by atoms with E-state index in [0.29, 0.717) is 22.3 Å². The van der Waals surface area contributed by atoms with Gasteiger partial charge in [-0.2, -0.15) is 0 Å². The molecule has 0 unspecified atom stereocenters. The Bertz CT molecular complexity index is 831. The third-order valence-corrected chi connectivity index (χ3v) is 5.61. The summed E-state index contributed by atoms with van der Waals surface area (Å²) in [7, 11) is -8.63. The van der Waals surface area contributed by atoms with Crippen molar-refractivity contribution >= 4 is 58.0 Å². The monoisotopic (exact) mass is 410 g/mol. The van der Waals surface area contributed by atoms with Gasteiger partial charge in [-0.05, 0) is 49.9 Å². The summed E-state index contributed by atoms with van der Waals surface area (Å²) in [5.74, 6) is 0. The molecule has 6 nitrogen and oxygen atoms in total. The van der Waals surface area contributed by atoms with Crippen molar-refractivity contribution in [1.29, 1.82) is 0 Å². The van der Waals surface area contributed by atoms with Crippen molar-refractivity contribution in [3.05, 3.63) is 58.7 Å². The maximum atomic E-state index is 10.7. The largest absolute Gasteiger partial charge is 2.00 e. The number of benzene rings is 2. The van der Waals surface area contributed by atoms with Gasteiger partial charge in [-0.25, -0.2) is 16.8 Å². The summed E-state index contributed by atoms with van der Waals surface area (Å²) >= 11 is 0. The van der Waals surface area contributed by atoms with Gasteiger partial charge in [0.05, 0.1) is 9.79 Å². The fraction of sp³-hybridized carbons (Fsp3) is 0.250. The van der Waals surface area contributed by atoms with Crippen molar-refractivity contribution in [1.82, 2.24) is 0 Å². The van der Waals surface area contributed by atoms with Gasteiger partial charge >= 0.3 is 37.7 Å². The average molecular weight is 411 g/mol. The van der Waals surface area contributed by atoms with E-state index in [1.807, 2.05) is 0 Å². The topological polar surface area (TPSA) is 114 Å². The zero-order valence-corrected chi connectivity index (χ0v) is 18.3. The van der Waals surface area contributed by atoms with Crippen molar-refractivity contribution in [3.8, 4) is 0 Å². The second kappa shape index (κ2) is 9.45. The third kappa shape index (κ3) is 6.97. The SMILES string of the molecule is Cc1cccc(C)c1S(=O)(=O)[O-].Cc1cccc(C)c1S(=O)(=O)[O-].[Ca+2]. The van der Waals surface area contributed by atoms with Gasteiger partial charge in [0, 0.05) is 0 Å². The molecular formula is C16H18CaO6S2. The molecule has 0 aliphatic heterocycles. The zero-order valence-electron chi connectivity index (χ0n) is 14.4. The van der Waals surface area contributed by atoms with Crippen LogP contribution in [-0.2, 0) is 20.2 Å². The summed E-state index contributed by atoms with van der Waals surface area (Å²) < 4.78 is 64.3. The van der Waals surface area contributed by atoms with Gasteiger partial charge in [0.15, 0.2) is 0 Å². The van der Waals surface area contributed by atoms with E-state index in [4.69, 9.17) is 0 Å². The molecule has 2 aromatic carbocycles. The number of aryl methyl sites for hydroxylation is 4. The van der Waals surface area contributed by atoms with Crippen molar-refractivity contribution in [2.24, 2.45) is 0 Å². The summed E-state index contributed by atoms with van der Waals surface area (Å²) in [5.41, 5.74) is 2.02. The van der Waals surface area contributed by atoms with E-state index in [2.05, 4.69) is 0 Å². The molecule has 9 heteroatoms. The Kier molecular flexibility index (Phi) is 9.27. The molecule has 0 aliphatic rings. The van der Waals surface area contributed by atoms with Gasteiger partial charge in [0.2, 0.25) is 0 Å². The van der Waals surface area contributed by atoms with Crippen LogP contribution in [0.15, 0.2) is 46.2 Å². The van der Waals surface area contributed by atoms with Crippen LogP contribution in [0.1, 0.15) is 22.3 Å². The average Bonchev–Trinajstić information content (AvgIpc) is 2.35. The summed E-state index contributed by atoms with van der Waals surface area (Å²) in [6, 6.07) is 9.88. The minimum absolute atomic E-state index is 0. The van der Waals surface area contributed by atoms with E-state index >= 15 is 0 Å². The van der Waals surface area contributed by atoms with E-state index in [9.17, 15) is 25.9 Å². The Morgan fingerprint density at radius 1 is 0.600 bits per heavy atom. The standard InChI is InChI=1S/2C8H10O3S.Ca/c2*1-6-4-3-5-7(2)8(6)12(9,10)11;/h2*3-5H,1-2H3,(H,9,10,11);/q;;+2/p-2. The van der Waals surface area contributed by atoms with E-state index < -0.39 is 20.2 Å². The predicted octanol–water partition coefficient (Wildman–Crippen LogP) is 2.03. The molecule has 0 atom stereocenters. The maximum Gasteiger partial charge on any atom is 2.00 e. The molecule has 0 heterocycles. The summed E-state index contributed by atoms with van der Waals surface area (Å²) in [6.07, 6.45) is 0. The first-order chi connectivity index (χ1) is 10.9. The van der Waals surface area contributed by atoms with Gasteiger partial charge in [0.1, 0.15) is 20.2 Å². The molecule has 0 aliphatic carbocycles. The van der Waals surface area contributed by atoms with Gasteiger partial charge in [-0.15, -0.1) is 0 Å². The van der Waals surface area contributed by atoms with Crippen molar-refractivity contribution in [2.45, 2.75) is 37.5 Å². The van der Waals surface area contributed by atoms with E-state index in [1.54, 1.807) is 64.1 Å². The molecule has 0 bridgehead atoms. The summed E-state index contributed by atoms with van der Waals surface area (Å²) in [6.45, 7) is 6.44. The minimum atomic E-state index is -4.31. The first-order valence-corrected chi connectivity index (χ1v) is 9.71. The van der Waals surface area contributed by atoms with Crippen molar-refractivity contribution in [2.75, 3.05) is 0 Å². The van der Waals surface area contributed by atoms with Crippen LogP contribution in [0.5, 0.6) is 0 Å². The molecule has 132 valence electrons. The predicted molar refractivity (Wildman–Crippen MR) is 93.5 cm³/mol. The van der Waals surface area contributed by atoms with Crippen LogP contribution in [0, 0.1) is 27.7 Å². The Balaban J connectivity index is 0.000000443. The first kappa shape index (κ1) is 24.5. The summed E-state index contributed by atoms with van der Waals surface area (Å²) in [5, 5.41) is 0. The molecule has 2 aromatic rings. The van der Waals surface area contributed by atoms with Crippen molar-refractivity contribution in [3.63, 3.8) is 0 Å². The van der Waals surface area contributed by atoms with Crippen LogP contribution in [0.3, 0.4) is 0 Å². The number of hydrogen-bond acceptors (Lipinski definition) is 6. The minimum Gasteiger partial charge on any atom is -0.744 e. The molecular weight excluding hydrogens is 392 g/mol. The fourth-order valence-corrected chi connectivity index (χ4v) is 4.24. The van der Waals surface area contributed by atoms with Gasteiger partial charge in [-0.3, -0.25) is 0 Å². The van der Waals surface area contributed by atoms with Crippen LogP contribution in [0.4, 0.5) is 0 Å². The second-order valence-electron chi connectivity index (χ2n) is 5.35. The van der Waals surface area contributed by atoms with E-state index in [-0.39, 0.29) is 47.5 Å². The zero-order chi connectivity index (χ0) is 18.7. The fourth-order valence-electron chi connectivity index (χ4n) is 2.39. The van der Waals surface area contributed by atoms with Crippen LogP contribution < -0.4 is 0 Å². The van der Waals surface area contributed by atoms with Crippen LogP contribution >= 0.6 is 0 Å². The maximum absolute atomic E-state index is 10.7.